The highest BCUT2D eigenvalue weighted by atomic mass is 35.5. The molecule has 3 nitrogen and oxygen atoms in total. The lowest BCUT2D eigenvalue weighted by atomic mass is 10.1. The molecule has 0 atom stereocenters. The molecule has 0 spiro atoms. The van der Waals surface area contributed by atoms with Crippen molar-refractivity contribution in [2.45, 2.75) is 32.9 Å². The van der Waals surface area contributed by atoms with Gasteiger partial charge >= 0.3 is 0 Å². The predicted molar refractivity (Wildman–Crippen MR) is 75.3 cm³/mol. The van der Waals surface area contributed by atoms with Gasteiger partial charge in [-0.05, 0) is 38.5 Å². The lowest BCUT2D eigenvalue weighted by Gasteiger charge is -2.27. The molecule has 0 aliphatic rings. The summed E-state index contributed by atoms with van der Waals surface area (Å²) >= 11 is 6.03. The Bertz CT molecular complexity index is 369. The maximum Gasteiger partial charge on any atom is 0.123 e. The minimum absolute atomic E-state index is 0.218. The van der Waals surface area contributed by atoms with Crippen molar-refractivity contribution in [3.63, 3.8) is 0 Å². The van der Waals surface area contributed by atoms with Gasteiger partial charge in [-0.2, -0.15) is 0 Å². The maximum absolute atomic E-state index is 8.94. The highest BCUT2D eigenvalue weighted by Gasteiger charge is 2.13. The van der Waals surface area contributed by atoms with Gasteiger partial charge < -0.3 is 9.84 Å². The monoisotopic (exact) mass is 271 g/mol. The molecule has 4 heteroatoms. The van der Waals surface area contributed by atoms with E-state index < -0.39 is 0 Å². The van der Waals surface area contributed by atoms with Crippen LogP contribution in [0.4, 0.5) is 0 Å². The van der Waals surface area contributed by atoms with Crippen molar-refractivity contribution >= 4 is 11.6 Å². The summed E-state index contributed by atoms with van der Waals surface area (Å²) in [4.78, 5) is 2.30. The molecule has 0 unspecified atom stereocenters. The summed E-state index contributed by atoms with van der Waals surface area (Å²) in [6.45, 7) is 6.16. The minimum Gasteiger partial charge on any atom is -0.496 e. The number of halogens is 1. The Hall–Kier alpha value is -0.770. The standard InChI is InChI=1S/C14H22ClNO2/c1-11(2)16(7-4-8-17)10-12-9-13(15)5-6-14(12)18-3/h5-6,9,11,17H,4,7-8,10H2,1-3H3. The summed E-state index contributed by atoms with van der Waals surface area (Å²) in [5.74, 6) is 0.856. The van der Waals surface area contributed by atoms with E-state index in [-0.39, 0.29) is 6.61 Å². The molecule has 102 valence electrons. The molecule has 0 bridgehead atoms. The molecule has 18 heavy (non-hydrogen) atoms. The first-order valence-electron chi connectivity index (χ1n) is 6.25. The van der Waals surface area contributed by atoms with Crippen molar-refractivity contribution in [1.82, 2.24) is 4.90 Å². The summed E-state index contributed by atoms with van der Waals surface area (Å²) < 4.78 is 5.35. The summed E-state index contributed by atoms with van der Waals surface area (Å²) in [6.07, 6.45) is 0.779. The minimum atomic E-state index is 0.218. The van der Waals surface area contributed by atoms with Crippen LogP contribution in [0.25, 0.3) is 0 Å². The van der Waals surface area contributed by atoms with Crippen molar-refractivity contribution in [2.75, 3.05) is 20.3 Å². The normalized spacial score (nSPS) is 11.3. The number of rotatable bonds is 7. The number of hydrogen-bond acceptors (Lipinski definition) is 3. The predicted octanol–water partition coefficient (Wildman–Crippen LogP) is 2.94. The van der Waals surface area contributed by atoms with Crippen LogP contribution in [0.3, 0.4) is 0 Å². The van der Waals surface area contributed by atoms with Gasteiger partial charge in [0.1, 0.15) is 5.75 Å². The van der Waals surface area contributed by atoms with E-state index in [1.165, 1.54) is 0 Å². The summed E-state index contributed by atoms with van der Waals surface area (Å²) in [7, 11) is 1.67. The van der Waals surface area contributed by atoms with E-state index in [2.05, 4.69) is 18.7 Å². The molecule has 1 aromatic rings. The summed E-state index contributed by atoms with van der Waals surface area (Å²) in [6, 6.07) is 6.08. The zero-order valence-electron chi connectivity index (χ0n) is 11.3. The van der Waals surface area contributed by atoms with Crippen molar-refractivity contribution in [2.24, 2.45) is 0 Å². The Morgan fingerprint density at radius 2 is 2.11 bits per heavy atom. The van der Waals surface area contributed by atoms with Gasteiger partial charge in [0.2, 0.25) is 0 Å². The highest BCUT2D eigenvalue weighted by molar-refractivity contribution is 6.30. The van der Waals surface area contributed by atoms with E-state index in [4.69, 9.17) is 21.4 Å². The van der Waals surface area contributed by atoms with Gasteiger partial charge in [0.25, 0.3) is 0 Å². The molecule has 0 saturated heterocycles. The first kappa shape index (κ1) is 15.3. The average Bonchev–Trinajstić information content (AvgIpc) is 2.34. The van der Waals surface area contributed by atoms with E-state index in [1.807, 2.05) is 18.2 Å². The third-order valence-corrected chi connectivity index (χ3v) is 3.18. The topological polar surface area (TPSA) is 32.7 Å². The molecule has 0 aliphatic carbocycles. The van der Waals surface area contributed by atoms with E-state index in [0.717, 1.165) is 35.8 Å². The van der Waals surface area contributed by atoms with Crippen LogP contribution in [0.1, 0.15) is 25.8 Å². The molecular formula is C14H22ClNO2. The van der Waals surface area contributed by atoms with Crippen LogP contribution < -0.4 is 4.74 Å². The van der Waals surface area contributed by atoms with Crippen LogP contribution in [0.15, 0.2) is 18.2 Å². The SMILES string of the molecule is COc1ccc(Cl)cc1CN(CCCO)C(C)C. The van der Waals surface area contributed by atoms with Crippen LogP contribution >= 0.6 is 11.6 Å². The first-order chi connectivity index (χ1) is 8.58. The quantitative estimate of drug-likeness (QED) is 0.828. The average molecular weight is 272 g/mol. The maximum atomic E-state index is 8.94. The Balaban J connectivity index is 2.81. The Labute approximate surface area is 114 Å². The molecular weight excluding hydrogens is 250 g/mol. The summed E-state index contributed by atoms with van der Waals surface area (Å²) in [5, 5.41) is 9.65. The van der Waals surface area contributed by atoms with Crippen molar-refractivity contribution in [3.8, 4) is 5.75 Å². The van der Waals surface area contributed by atoms with E-state index >= 15 is 0 Å². The highest BCUT2D eigenvalue weighted by Crippen LogP contribution is 2.24. The Morgan fingerprint density at radius 3 is 2.67 bits per heavy atom. The first-order valence-corrected chi connectivity index (χ1v) is 6.63. The third-order valence-electron chi connectivity index (χ3n) is 2.95. The molecule has 0 amide bonds. The van der Waals surface area contributed by atoms with Gasteiger partial charge in [0.05, 0.1) is 7.11 Å². The van der Waals surface area contributed by atoms with Gasteiger partial charge in [0.15, 0.2) is 0 Å². The van der Waals surface area contributed by atoms with Gasteiger partial charge in [-0.15, -0.1) is 0 Å². The van der Waals surface area contributed by atoms with Crippen LogP contribution in [0.5, 0.6) is 5.75 Å². The number of ether oxygens (including phenoxy) is 1. The fourth-order valence-electron chi connectivity index (χ4n) is 1.88. The lowest BCUT2D eigenvalue weighted by Crippen LogP contribution is -2.31. The van der Waals surface area contributed by atoms with Crippen LogP contribution in [-0.4, -0.2) is 36.3 Å². The van der Waals surface area contributed by atoms with Crippen LogP contribution in [0, 0.1) is 0 Å². The number of methoxy groups -OCH3 is 1. The van der Waals surface area contributed by atoms with E-state index in [1.54, 1.807) is 7.11 Å². The van der Waals surface area contributed by atoms with Gasteiger partial charge in [0, 0.05) is 36.3 Å². The molecule has 0 aromatic heterocycles. The largest absolute Gasteiger partial charge is 0.496 e. The Morgan fingerprint density at radius 1 is 1.39 bits per heavy atom. The number of aliphatic hydroxyl groups is 1. The van der Waals surface area contributed by atoms with Gasteiger partial charge in [-0.3, -0.25) is 4.90 Å². The summed E-state index contributed by atoms with van der Waals surface area (Å²) in [5.41, 5.74) is 1.08. The van der Waals surface area contributed by atoms with Crippen molar-refractivity contribution in [1.29, 1.82) is 0 Å². The number of benzene rings is 1. The van der Waals surface area contributed by atoms with Gasteiger partial charge in [-0.25, -0.2) is 0 Å². The van der Waals surface area contributed by atoms with E-state index in [9.17, 15) is 0 Å². The molecule has 0 saturated carbocycles. The van der Waals surface area contributed by atoms with Crippen molar-refractivity contribution < 1.29 is 9.84 Å². The lowest BCUT2D eigenvalue weighted by molar-refractivity contribution is 0.183. The second kappa shape index (κ2) is 7.62. The fraction of sp³-hybridized carbons (Fsp3) is 0.571. The van der Waals surface area contributed by atoms with E-state index in [0.29, 0.717) is 6.04 Å². The zero-order valence-corrected chi connectivity index (χ0v) is 12.1. The van der Waals surface area contributed by atoms with Gasteiger partial charge in [-0.1, -0.05) is 11.6 Å². The third kappa shape index (κ3) is 4.48. The van der Waals surface area contributed by atoms with Crippen molar-refractivity contribution in [3.05, 3.63) is 28.8 Å². The van der Waals surface area contributed by atoms with Crippen LogP contribution in [0.2, 0.25) is 5.02 Å². The molecule has 0 fully saturated rings. The second-order valence-electron chi connectivity index (χ2n) is 4.60. The molecule has 0 radical (unpaired) electrons. The molecule has 1 N–H and O–H groups in total. The number of aliphatic hydroxyl groups excluding tert-OH is 1. The molecule has 1 rings (SSSR count). The zero-order chi connectivity index (χ0) is 13.5. The molecule has 0 aliphatic heterocycles. The number of nitrogens with zero attached hydrogens (tertiary/aromatic N) is 1. The second-order valence-corrected chi connectivity index (χ2v) is 5.03. The fourth-order valence-corrected chi connectivity index (χ4v) is 2.08. The molecule has 1 aromatic carbocycles. The number of hydrogen-bond donors (Lipinski definition) is 1. The molecule has 0 heterocycles. The smallest absolute Gasteiger partial charge is 0.123 e. The van der Waals surface area contributed by atoms with Crippen LogP contribution in [-0.2, 0) is 6.54 Å². The Kier molecular flexibility index (Phi) is 6.47.